The maximum atomic E-state index is 12.6. The van der Waals surface area contributed by atoms with Crippen molar-refractivity contribution in [3.8, 4) is 0 Å². The summed E-state index contributed by atoms with van der Waals surface area (Å²) >= 11 is 0. The summed E-state index contributed by atoms with van der Waals surface area (Å²) in [5, 5.41) is 2.84. The normalized spacial score (nSPS) is 12.6. The van der Waals surface area contributed by atoms with Gasteiger partial charge in [-0.15, -0.1) is 0 Å². The van der Waals surface area contributed by atoms with Gasteiger partial charge in [-0.2, -0.15) is 13.2 Å². The molecule has 1 N–H and O–H groups in total. The molecule has 0 aliphatic rings. The Bertz CT molecular complexity index is 350. The summed E-state index contributed by atoms with van der Waals surface area (Å²) in [7, 11) is 0. The molecule has 0 amide bonds. The summed E-state index contributed by atoms with van der Waals surface area (Å²) in [6, 6.07) is 5.53. The van der Waals surface area contributed by atoms with Crippen molar-refractivity contribution in [3.63, 3.8) is 0 Å². The van der Waals surface area contributed by atoms with Crippen LogP contribution >= 0.6 is 0 Å². The number of halogens is 3. The highest BCUT2D eigenvalue weighted by Gasteiger charge is 2.33. The molecule has 0 unspecified atom stereocenters. The lowest BCUT2D eigenvalue weighted by Crippen LogP contribution is -2.21. The fourth-order valence-corrected chi connectivity index (χ4v) is 1.24. The second-order valence-electron chi connectivity index (χ2n) is 4.96. The van der Waals surface area contributed by atoms with Crippen LogP contribution in [0.4, 0.5) is 18.9 Å². The molecule has 1 rings (SSSR count). The quantitative estimate of drug-likeness (QED) is 0.805. The highest BCUT2D eigenvalue weighted by atomic mass is 19.4. The first-order valence-electron chi connectivity index (χ1n) is 5.10. The fourth-order valence-electron chi connectivity index (χ4n) is 1.24. The summed E-state index contributed by atoms with van der Waals surface area (Å²) in [5.41, 5.74) is -0.525. The SMILES string of the molecule is CC(C)(C)CNc1ccccc1C(F)(F)F. The molecule has 4 heteroatoms. The Balaban J connectivity index is 2.88. The van der Waals surface area contributed by atoms with Crippen molar-refractivity contribution in [2.24, 2.45) is 5.41 Å². The van der Waals surface area contributed by atoms with Crippen LogP contribution in [0.1, 0.15) is 26.3 Å². The van der Waals surface area contributed by atoms with Gasteiger partial charge in [-0.05, 0) is 17.5 Å². The van der Waals surface area contributed by atoms with Gasteiger partial charge in [0.1, 0.15) is 0 Å². The summed E-state index contributed by atoms with van der Waals surface area (Å²) in [5.74, 6) is 0. The molecule has 0 aromatic heterocycles. The zero-order valence-corrected chi connectivity index (χ0v) is 9.65. The van der Waals surface area contributed by atoms with Crippen LogP contribution < -0.4 is 5.32 Å². The molecule has 0 heterocycles. The van der Waals surface area contributed by atoms with E-state index in [4.69, 9.17) is 0 Å². The van der Waals surface area contributed by atoms with Crippen LogP contribution in [-0.2, 0) is 6.18 Å². The monoisotopic (exact) mass is 231 g/mol. The molecule has 0 radical (unpaired) electrons. The third kappa shape index (κ3) is 3.76. The second-order valence-corrected chi connectivity index (χ2v) is 4.96. The van der Waals surface area contributed by atoms with Gasteiger partial charge in [0.05, 0.1) is 5.56 Å². The molecule has 1 nitrogen and oxygen atoms in total. The molecule has 0 fully saturated rings. The average molecular weight is 231 g/mol. The number of hydrogen-bond acceptors (Lipinski definition) is 1. The van der Waals surface area contributed by atoms with Gasteiger partial charge in [0.25, 0.3) is 0 Å². The van der Waals surface area contributed by atoms with Crippen LogP contribution in [0.2, 0.25) is 0 Å². The highest BCUT2D eigenvalue weighted by molar-refractivity contribution is 5.52. The Kier molecular flexibility index (Phi) is 3.51. The van der Waals surface area contributed by atoms with E-state index in [0.717, 1.165) is 6.07 Å². The molecule has 90 valence electrons. The van der Waals surface area contributed by atoms with E-state index >= 15 is 0 Å². The van der Waals surface area contributed by atoms with Gasteiger partial charge in [-0.3, -0.25) is 0 Å². The molecule has 1 aromatic rings. The largest absolute Gasteiger partial charge is 0.418 e. The molecular formula is C12H16F3N. The number of nitrogens with one attached hydrogen (secondary N) is 1. The maximum absolute atomic E-state index is 12.6. The minimum Gasteiger partial charge on any atom is -0.384 e. The number of hydrogen-bond donors (Lipinski definition) is 1. The Hall–Kier alpha value is -1.19. The van der Waals surface area contributed by atoms with Crippen molar-refractivity contribution >= 4 is 5.69 Å². The van der Waals surface area contributed by atoms with Crippen LogP contribution in [0.5, 0.6) is 0 Å². The van der Waals surface area contributed by atoms with E-state index in [1.54, 1.807) is 6.07 Å². The van der Waals surface area contributed by atoms with E-state index in [-0.39, 0.29) is 11.1 Å². The van der Waals surface area contributed by atoms with E-state index in [9.17, 15) is 13.2 Å². The average Bonchev–Trinajstić information content (AvgIpc) is 2.12. The van der Waals surface area contributed by atoms with Gasteiger partial charge in [0.2, 0.25) is 0 Å². The zero-order chi connectivity index (χ0) is 12.4. The standard InChI is InChI=1S/C12H16F3N/c1-11(2,3)8-16-10-7-5-4-6-9(10)12(13,14)15/h4-7,16H,8H2,1-3H3. The molecule has 1 aromatic carbocycles. The highest BCUT2D eigenvalue weighted by Crippen LogP contribution is 2.34. The van der Waals surface area contributed by atoms with Crippen LogP contribution in [0.3, 0.4) is 0 Å². The Morgan fingerprint density at radius 3 is 2.12 bits per heavy atom. The van der Waals surface area contributed by atoms with E-state index < -0.39 is 11.7 Å². The third-order valence-electron chi connectivity index (χ3n) is 2.04. The fraction of sp³-hybridized carbons (Fsp3) is 0.500. The van der Waals surface area contributed by atoms with Gasteiger partial charge < -0.3 is 5.32 Å². The van der Waals surface area contributed by atoms with Crippen LogP contribution in [-0.4, -0.2) is 6.54 Å². The Morgan fingerprint density at radius 2 is 1.62 bits per heavy atom. The lowest BCUT2D eigenvalue weighted by Gasteiger charge is -2.21. The van der Waals surface area contributed by atoms with Crippen LogP contribution in [0.15, 0.2) is 24.3 Å². The minimum absolute atomic E-state index is 0.0568. The molecule has 0 aliphatic heterocycles. The first kappa shape index (κ1) is 12.9. The first-order valence-corrected chi connectivity index (χ1v) is 5.10. The van der Waals surface area contributed by atoms with Crippen molar-refractivity contribution in [1.82, 2.24) is 0 Å². The van der Waals surface area contributed by atoms with E-state index in [0.29, 0.717) is 6.54 Å². The predicted molar refractivity (Wildman–Crippen MR) is 59.4 cm³/mol. The molecule has 16 heavy (non-hydrogen) atoms. The van der Waals surface area contributed by atoms with Crippen molar-refractivity contribution in [2.45, 2.75) is 26.9 Å². The molecular weight excluding hydrogens is 215 g/mol. The van der Waals surface area contributed by atoms with Gasteiger partial charge in [0.15, 0.2) is 0 Å². The topological polar surface area (TPSA) is 12.0 Å². The van der Waals surface area contributed by atoms with E-state index in [1.807, 2.05) is 20.8 Å². The number of para-hydroxylation sites is 1. The van der Waals surface area contributed by atoms with Crippen molar-refractivity contribution < 1.29 is 13.2 Å². The minimum atomic E-state index is -4.30. The van der Waals surface area contributed by atoms with Gasteiger partial charge in [0, 0.05) is 12.2 Å². The maximum Gasteiger partial charge on any atom is 0.418 e. The van der Waals surface area contributed by atoms with E-state index in [2.05, 4.69) is 5.32 Å². The number of rotatable bonds is 2. The number of benzene rings is 1. The van der Waals surface area contributed by atoms with Gasteiger partial charge in [-0.1, -0.05) is 32.9 Å². The summed E-state index contributed by atoms with van der Waals surface area (Å²) in [6.07, 6.45) is -4.30. The smallest absolute Gasteiger partial charge is 0.384 e. The third-order valence-corrected chi connectivity index (χ3v) is 2.04. The zero-order valence-electron chi connectivity index (χ0n) is 9.65. The van der Waals surface area contributed by atoms with Crippen molar-refractivity contribution in [2.75, 3.05) is 11.9 Å². The van der Waals surface area contributed by atoms with Gasteiger partial charge >= 0.3 is 6.18 Å². The summed E-state index contributed by atoms with van der Waals surface area (Å²) in [4.78, 5) is 0. The lowest BCUT2D eigenvalue weighted by atomic mass is 9.96. The van der Waals surface area contributed by atoms with Crippen molar-refractivity contribution in [3.05, 3.63) is 29.8 Å². The summed E-state index contributed by atoms with van der Waals surface area (Å²) < 4.78 is 37.9. The van der Waals surface area contributed by atoms with Crippen LogP contribution in [0, 0.1) is 5.41 Å². The molecule has 0 aliphatic carbocycles. The number of anilines is 1. The second kappa shape index (κ2) is 4.36. The lowest BCUT2D eigenvalue weighted by molar-refractivity contribution is -0.137. The molecule has 0 atom stereocenters. The Morgan fingerprint density at radius 1 is 1.06 bits per heavy atom. The Labute approximate surface area is 93.7 Å². The van der Waals surface area contributed by atoms with Crippen molar-refractivity contribution in [1.29, 1.82) is 0 Å². The summed E-state index contributed by atoms with van der Waals surface area (Å²) in [6.45, 7) is 6.41. The van der Waals surface area contributed by atoms with Crippen LogP contribution in [0.25, 0.3) is 0 Å². The molecule has 0 saturated heterocycles. The first-order chi connectivity index (χ1) is 7.20. The van der Waals surface area contributed by atoms with E-state index in [1.165, 1.54) is 12.1 Å². The van der Waals surface area contributed by atoms with Gasteiger partial charge in [-0.25, -0.2) is 0 Å². The predicted octanol–water partition coefficient (Wildman–Crippen LogP) is 4.16. The number of alkyl halides is 3. The molecule has 0 spiro atoms. The molecule has 0 bridgehead atoms. The molecule has 0 saturated carbocycles.